The summed E-state index contributed by atoms with van der Waals surface area (Å²) in [5.41, 5.74) is 0.727. The van der Waals surface area contributed by atoms with Gasteiger partial charge >= 0.3 is 18.3 Å². The van der Waals surface area contributed by atoms with Crippen LogP contribution in [0.2, 0.25) is 0 Å². The first-order valence-corrected chi connectivity index (χ1v) is 33.6. The first-order chi connectivity index (χ1) is 49.5. The van der Waals surface area contributed by atoms with Gasteiger partial charge in [0.2, 0.25) is 40.9 Å². The quantitative estimate of drug-likeness (QED) is 0.0315. The van der Waals surface area contributed by atoms with E-state index < -0.39 is 114 Å². The lowest BCUT2D eigenvalue weighted by Gasteiger charge is -2.46. The number of aliphatic hydroxyl groups is 2. The van der Waals surface area contributed by atoms with Crippen LogP contribution in [0.5, 0.6) is 5.75 Å². The number of ether oxygens (including phenoxy) is 2. The second-order valence-electron chi connectivity index (χ2n) is 27.2. The predicted octanol–water partition coefficient (Wildman–Crippen LogP) is 8.23. The topological polar surface area (TPSA) is 306 Å². The molecule has 25 nitrogen and oxygen atoms in total. The second kappa shape index (κ2) is 30.9. The molecule has 104 heavy (non-hydrogen) atoms. The first kappa shape index (κ1) is 73.9. The van der Waals surface area contributed by atoms with Crippen LogP contribution in [0.4, 0.5) is 35.1 Å². The molecule has 6 aromatic heterocycles. The van der Waals surface area contributed by atoms with Crippen LogP contribution in [-0.4, -0.2) is 198 Å². The molecule has 4 aliphatic rings. The molecule has 552 valence electrons. The maximum absolute atomic E-state index is 14.1. The Morgan fingerprint density at radius 2 is 1.17 bits per heavy atom. The number of cyclic esters (lactones) is 1. The SMILES string of the molecule is CC(C)(c1ncc(-c2ccc(F)cc2)o1)N1CCN(C[C@@H](O)C[C@@H](Cc2cc3cncnc3o2)C(=O)N[C@H]2c3ccccc3OC[C@H]2O)[C@H](C(=O)NCC(F)(F)F)C1.CC(C)(c1ncc(-c2ccc(F)cc2)o1)N1CCN(C[C@@H]2C[C@@H](Cc3cc4cncnc4o3)C(=O)O2)[C@H](C(=O)NCC(F)(F)F)C1. The van der Waals surface area contributed by atoms with E-state index in [1.807, 2.05) is 48.1 Å². The molecule has 0 bridgehead atoms. The molecule has 8 atom stereocenters. The van der Waals surface area contributed by atoms with Crippen LogP contribution >= 0.6 is 0 Å². The van der Waals surface area contributed by atoms with Gasteiger partial charge in [0.25, 0.3) is 0 Å². The van der Waals surface area contributed by atoms with Crippen molar-refractivity contribution in [3.8, 4) is 28.4 Å². The molecule has 0 spiro atoms. The molecule has 0 unspecified atom stereocenters. The first-order valence-electron chi connectivity index (χ1n) is 33.6. The van der Waals surface area contributed by atoms with Crippen molar-refractivity contribution in [2.45, 2.75) is 113 Å². The summed E-state index contributed by atoms with van der Waals surface area (Å²) >= 11 is 0. The highest BCUT2D eigenvalue weighted by Crippen LogP contribution is 2.38. The van der Waals surface area contributed by atoms with Crippen LogP contribution in [0.1, 0.15) is 75.4 Å². The lowest BCUT2D eigenvalue weighted by atomic mass is 9.92. The van der Waals surface area contributed by atoms with Crippen molar-refractivity contribution in [2.24, 2.45) is 11.8 Å². The van der Waals surface area contributed by atoms with E-state index in [2.05, 4.69) is 35.2 Å². The van der Waals surface area contributed by atoms with Crippen LogP contribution in [0.3, 0.4) is 0 Å². The summed E-state index contributed by atoms with van der Waals surface area (Å²) < 4.78 is 141. The minimum Gasteiger partial charge on any atom is -0.490 e. The Morgan fingerprint density at radius 3 is 1.72 bits per heavy atom. The van der Waals surface area contributed by atoms with Crippen LogP contribution in [0, 0.1) is 23.5 Å². The largest absolute Gasteiger partial charge is 0.490 e. The lowest BCUT2D eigenvalue weighted by Crippen LogP contribution is -2.63. The molecule has 0 saturated carbocycles. The molecule has 33 heteroatoms. The number of oxazole rings is 2. The van der Waals surface area contributed by atoms with E-state index in [1.165, 1.54) is 49.3 Å². The summed E-state index contributed by atoms with van der Waals surface area (Å²) in [5.74, 6) is -1.92. The summed E-state index contributed by atoms with van der Waals surface area (Å²) in [5, 5.41) is 30.7. The zero-order valence-electron chi connectivity index (χ0n) is 56.7. The number of alkyl halides is 6. The van der Waals surface area contributed by atoms with Crippen LogP contribution in [0.25, 0.3) is 44.8 Å². The van der Waals surface area contributed by atoms with Crippen LogP contribution in [-0.2, 0) is 47.8 Å². The number of halogens is 8. The molecule has 3 saturated heterocycles. The third-order valence-corrected chi connectivity index (χ3v) is 19.1. The van der Waals surface area contributed by atoms with E-state index in [-0.39, 0.29) is 63.9 Å². The average Bonchev–Trinajstić information content (AvgIpc) is 1.47. The number of aliphatic hydroxyl groups excluding tert-OH is 2. The molecule has 10 heterocycles. The van der Waals surface area contributed by atoms with Crippen molar-refractivity contribution < 1.29 is 91.7 Å². The van der Waals surface area contributed by atoms with E-state index in [0.29, 0.717) is 106 Å². The number of carbonyl (C=O) groups is 4. The molecular formula is C71H75F8N13O12. The summed E-state index contributed by atoms with van der Waals surface area (Å²) in [6, 6.07) is 19.0. The fourth-order valence-electron chi connectivity index (χ4n) is 13.5. The molecule has 13 rings (SSSR count). The van der Waals surface area contributed by atoms with Crippen LogP contribution in [0.15, 0.2) is 140 Å². The molecule has 3 fully saturated rings. The molecule has 9 aromatic rings. The third-order valence-electron chi connectivity index (χ3n) is 19.1. The fraction of sp³-hybridized carbons (Fsp3) is 0.437. The van der Waals surface area contributed by atoms with Gasteiger partial charge in [-0.1, -0.05) is 18.2 Å². The normalized spacial score (nSPS) is 20.8. The zero-order chi connectivity index (χ0) is 73.8. The minimum absolute atomic E-state index is 0.0216. The predicted molar refractivity (Wildman–Crippen MR) is 354 cm³/mol. The zero-order valence-corrected chi connectivity index (χ0v) is 56.7. The Kier molecular flexibility index (Phi) is 21.9. The highest BCUT2D eigenvalue weighted by atomic mass is 19.4. The van der Waals surface area contributed by atoms with Crippen molar-refractivity contribution in [3.63, 3.8) is 0 Å². The number of nitrogens with one attached hydrogen (secondary N) is 3. The number of hydrogen-bond donors (Lipinski definition) is 5. The number of amides is 3. The van der Waals surface area contributed by atoms with Crippen molar-refractivity contribution in [3.05, 3.63) is 163 Å². The maximum Gasteiger partial charge on any atom is 0.405 e. The average molecular weight is 1450 g/mol. The fourth-order valence-corrected chi connectivity index (χ4v) is 13.5. The van der Waals surface area contributed by atoms with Gasteiger partial charge in [-0.15, -0.1) is 0 Å². The smallest absolute Gasteiger partial charge is 0.405 e. The van der Waals surface area contributed by atoms with Gasteiger partial charge in [-0.25, -0.2) is 38.7 Å². The summed E-state index contributed by atoms with van der Waals surface area (Å²) in [7, 11) is 0. The van der Waals surface area contributed by atoms with Crippen molar-refractivity contribution >= 4 is 45.9 Å². The van der Waals surface area contributed by atoms with E-state index in [9.17, 15) is 64.5 Å². The third kappa shape index (κ3) is 17.7. The van der Waals surface area contributed by atoms with Gasteiger partial charge in [0.15, 0.2) is 11.5 Å². The number of furan rings is 2. The number of esters is 1. The minimum atomic E-state index is -4.66. The number of para-hydroxylation sites is 1. The summed E-state index contributed by atoms with van der Waals surface area (Å²) in [6.07, 6.45) is -2.70. The highest BCUT2D eigenvalue weighted by Gasteiger charge is 2.47. The number of benzene rings is 3. The van der Waals surface area contributed by atoms with Crippen molar-refractivity contribution in [2.75, 3.05) is 72.1 Å². The van der Waals surface area contributed by atoms with Gasteiger partial charge in [0, 0.05) is 100 Å². The monoisotopic (exact) mass is 1450 g/mol. The molecule has 5 N–H and O–H groups in total. The van der Waals surface area contributed by atoms with Gasteiger partial charge in [-0.3, -0.25) is 38.8 Å². The number of aromatic nitrogens is 6. The van der Waals surface area contributed by atoms with E-state index in [0.717, 1.165) is 0 Å². The molecule has 4 aliphatic heterocycles. The van der Waals surface area contributed by atoms with Gasteiger partial charge < -0.3 is 53.3 Å². The Morgan fingerprint density at radius 1 is 0.654 bits per heavy atom. The number of rotatable bonds is 22. The van der Waals surface area contributed by atoms with Crippen molar-refractivity contribution in [1.29, 1.82) is 0 Å². The van der Waals surface area contributed by atoms with E-state index in [4.69, 9.17) is 27.1 Å². The van der Waals surface area contributed by atoms with Gasteiger partial charge in [-0.2, -0.15) is 26.3 Å². The van der Waals surface area contributed by atoms with Gasteiger partial charge in [0.05, 0.1) is 52.3 Å². The number of hydrogen-bond acceptors (Lipinski definition) is 22. The molecule has 0 radical (unpaired) electrons. The molecule has 0 aliphatic carbocycles. The Hall–Kier alpha value is -9.80. The standard InChI is InChI=1S/C40H43F4N7O7.C31H32F4N6O5/c1-39(2,38-46-17-33(58-38)23-7-9-26(41)10-8-23)51-12-11-50(30(19-51)36(55)47-21-40(42,43)44)18-27(52)13-24(14-28-15-25-16-45-22-48-37(25)57-28)35(54)49-34-29-5-3-4-6-32(29)56-20-31(34)53;1-30(2,29-37-13-25(46-29)18-3-5-21(32)6-4-18)41-8-7-40(24(15-41)26(42)38-16-31(33,34)35)14-23-10-19(28(43)45-23)9-22-11-20-12-36-17-39-27(20)44-22/h3-10,15-17,22,24,27,30-31,34,52-53H,11-14,18-21H2,1-2H3,(H,47,55)(H,49,54);3-6,11-13,17,19,23-24H,7-10,14-16H2,1-2H3,(H,38,42)/t24-,27-,30-,31+,34-;19-,23+,24+/m01/s1. The Labute approximate surface area is 589 Å². The van der Waals surface area contributed by atoms with E-state index >= 15 is 0 Å². The number of β-amino-alcohol motifs (C(OH)–C–C–N with tert-alkyl or cyclic N) is 1. The molecule has 3 amide bonds. The second-order valence-corrected chi connectivity index (χ2v) is 27.2. The maximum atomic E-state index is 14.1. The Bertz CT molecular complexity index is 4410. The Balaban J connectivity index is 0.000000201. The highest BCUT2D eigenvalue weighted by molar-refractivity contribution is 5.83. The molecular weight excluding hydrogens is 1380 g/mol. The number of fused-ring (bicyclic) bond motifs is 3. The number of piperazine rings is 2. The van der Waals surface area contributed by atoms with Gasteiger partial charge in [0.1, 0.15) is 85.5 Å². The van der Waals surface area contributed by atoms with Crippen molar-refractivity contribution in [1.82, 2.24) is 65.5 Å². The van der Waals surface area contributed by atoms with E-state index in [1.54, 1.807) is 82.9 Å². The number of nitrogens with zero attached hydrogens (tertiary/aromatic N) is 10. The lowest BCUT2D eigenvalue weighted by molar-refractivity contribution is -0.148. The summed E-state index contributed by atoms with van der Waals surface area (Å²) in [4.78, 5) is 85.8. The summed E-state index contributed by atoms with van der Waals surface area (Å²) in [6.45, 7) is 5.45. The number of carbonyl (C=O) groups excluding carboxylic acids is 4. The van der Waals surface area contributed by atoms with Gasteiger partial charge in [-0.05, 0) is 107 Å². The van der Waals surface area contributed by atoms with Crippen LogP contribution < -0.4 is 20.7 Å². The molecule has 3 aromatic carbocycles.